The Morgan fingerprint density at radius 3 is 2.38 bits per heavy atom. The molecule has 0 spiro atoms. The largest absolute Gasteiger partial charge is 0.483 e. The third-order valence-electron chi connectivity index (χ3n) is 5.74. The number of carbonyl (C=O) groups is 2. The fourth-order valence-corrected chi connectivity index (χ4v) is 3.48. The quantitative estimate of drug-likeness (QED) is 0.525. The van der Waals surface area contributed by atoms with Crippen LogP contribution >= 0.6 is 0 Å². The molecule has 0 bridgehead atoms. The van der Waals surface area contributed by atoms with Gasteiger partial charge in [0.1, 0.15) is 11.8 Å². The minimum Gasteiger partial charge on any atom is -0.483 e. The smallest absolute Gasteiger partial charge is 0.261 e. The lowest BCUT2D eigenvalue weighted by molar-refractivity contribution is -0.142. The molecule has 3 aromatic carbocycles. The van der Waals surface area contributed by atoms with E-state index in [1.807, 2.05) is 87.5 Å². The molecule has 0 heterocycles. The number of hydrogen-bond acceptors (Lipinski definition) is 3. The van der Waals surface area contributed by atoms with E-state index in [0.717, 1.165) is 28.3 Å². The van der Waals surface area contributed by atoms with Crippen LogP contribution in [0.4, 0.5) is 0 Å². The van der Waals surface area contributed by atoms with Crippen LogP contribution < -0.4 is 10.1 Å². The van der Waals surface area contributed by atoms with Crippen LogP contribution in [0, 0.1) is 6.92 Å². The number of ether oxygens (including phenoxy) is 1. The molecule has 1 N–H and O–H groups in total. The van der Waals surface area contributed by atoms with Gasteiger partial charge in [-0.15, -0.1) is 0 Å². The summed E-state index contributed by atoms with van der Waals surface area (Å²) < 4.78 is 5.93. The van der Waals surface area contributed by atoms with E-state index >= 15 is 0 Å². The lowest BCUT2D eigenvalue weighted by Crippen LogP contribution is -2.50. The van der Waals surface area contributed by atoms with Crippen molar-refractivity contribution in [1.82, 2.24) is 10.2 Å². The molecule has 0 aliphatic heterocycles. The summed E-state index contributed by atoms with van der Waals surface area (Å²) in [4.78, 5) is 27.6. The molecular formula is C27H32N2O3. The van der Waals surface area contributed by atoms with Crippen molar-refractivity contribution >= 4 is 22.6 Å². The Kier molecular flexibility index (Phi) is 7.87. The number of aryl methyl sites for hydroxylation is 1. The molecule has 0 aliphatic carbocycles. The van der Waals surface area contributed by atoms with E-state index in [-0.39, 0.29) is 24.5 Å². The van der Waals surface area contributed by atoms with E-state index in [2.05, 4.69) is 5.32 Å². The number of fused-ring (bicyclic) bond motifs is 1. The lowest BCUT2D eigenvalue weighted by atomic mass is 10.1. The molecule has 2 atom stereocenters. The highest BCUT2D eigenvalue weighted by Crippen LogP contribution is 2.25. The zero-order chi connectivity index (χ0) is 23.1. The van der Waals surface area contributed by atoms with E-state index in [1.54, 1.807) is 11.8 Å². The van der Waals surface area contributed by atoms with E-state index in [0.29, 0.717) is 12.3 Å². The Morgan fingerprint density at radius 2 is 1.66 bits per heavy atom. The fourth-order valence-electron chi connectivity index (χ4n) is 3.48. The van der Waals surface area contributed by atoms with Crippen molar-refractivity contribution in [2.45, 2.75) is 52.7 Å². The van der Waals surface area contributed by atoms with Crippen molar-refractivity contribution < 1.29 is 14.3 Å². The highest BCUT2D eigenvalue weighted by molar-refractivity contribution is 5.90. The second-order valence-electron chi connectivity index (χ2n) is 8.27. The zero-order valence-electron chi connectivity index (χ0n) is 19.3. The maximum Gasteiger partial charge on any atom is 0.261 e. The van der Waals surface area contributed by atoms with Crippen molar-refractivity contribution in [2.75, 3.05) is 6.61 Å². The second kappa shape index (κ2) is 10.8. The van der Waals surface area contributed by atoms with Gasteiger partial charge in [-0.2, -0.15) is 0 Å². The predicted molar refractivity (Wildman–Crippen MR) is 129 cm³/mol. The Balaban J connectivity index is 1.78. The minimum absolute atomic E-state index is 0.0493. The summed E-state index contributed by atoms with van der Waals surface area (Å²) >= 11 is 0. The van der Waals surface area contributed by atoms with Crippen molar-refractivity contribution in [1.29, 1.82) is 0 Å². The molecule has 0 saturated carbocycles. The van der Waals surface area contributed by atoms with E-state index in [1.165, 1.54) is 0 Å². The highest BCUT2D eigenvalue weighted by atomic mass is 16.5. The molecule has 0 saturated heterocycles. The maximum atomic E-state index is 13.2. The summed E-state index contributed by atoms with van der Waals surface area (Å²) in [6.07, 6.45) is 0.828. The Bertz CT molecular complexity index is 1060. The highest BCUT2D eigenvalue weighted by Gasteiger charge is 2.27. The number of carbonyl (C=O) groups excluding carboxylic acids is 2. The van der Waals surface area contributed by atoms with E-state index < -0.39 is 6.04 Å². The molecular weight excluding hydrogens is 400 g/mol. The maximum absolute atomic E-state index is 13.2. The van der Waals surface area contributed by atoms with Crippen molar-refractivity contribution in [3.8, 4) is 5.75 Å². The number of nitrogens with one attached hydrogen (secondary N) is 1. The van der Waals surface area contributed by atoms with Gasteiger partial charge in [0.15, 0.2) is 6.61 Å². The predicted octanol–water partition coefficient (Wildman–Crippen LogP) is 4.86. The standard InChI is InChI=1S/C27H32N2O3/c1-5-20(3)28-27(31)21(4)29(17-22-15-13-19(2)14-16-22)26(30)18-32-25-12-8-10-23-9-6-7-11-24(23)25/h6-16,20-21H,5,17-18H2,1-4H3,(H,28,31)/t20-,21-/m0/s1. The third-order valence-corrected chi connectivity index (χ3v) is 5.74. The van der Waals surface area contributed by atoms with Gasteiger partial charge < -0.3 is 15.0 Å². The molecule has 3 rings (SSSR count). The first kappa shape index (κ1) is 23.3. The topological polar surface area (TPSA) is 58.6 Å². The molecule has 32 heavy (non-hydrogen) atoms. The van der Waals surface area contributed by atoms with Crippen LogP contribution in [0.3, 0.4) is 0 Å². The van der Waals surface area contributed by atoms with Gasteiger partial charge in [-0.25, -0.2) is 0 Å². The summed E-state index contributed by atoms with van der Waals surface area (Å²) in [5, 5.41) is 4.99. The lowest BCUT2D eigenvalue weighted by Gasteiger charge is -2.29. The van der Waals surface area contributed by atoms with Crippen LogP contribution in [0.15, 0.2) is 66.7 Å². The first-order valence-corrected chi connectivity index (χ1v) is 11.1. The first-order valence-electron chi connectivity index (χ1n) is 11.1. The summed E-state index contributed by atoms with van der Waals surface area (Å²) in [5.41, 5.74) is 2.12. The minimum atomic E-state index is -0.617. The van der Waals surface area contributed by atoms with Crippen molar-refractivity contribution in [3.05, 3.63) is 77.9 Å². The van der Waals surface area contributed by atoms with Gasteiger partial charge in [0, 0.05) is 18.0 Å². The first-order chi connectivity index (χ1) is 15.4. The molecule has 0 radical (unpaired) electrons. The van der Waals surface area contributed by atoms with E-state index in [4.69, 9.17) is 4.74 Å². The summed E-state index contributed by atoms with van der Waals surface area (Å²) in [6, 6.07) is 21.1. The molecule has 3 aromatic rings. The van der Waals surface area contributed by atoms with Crippen LogP contribution in [0.5, 0.6) is 5.75 Å². The molecule has 0 fully saturated rings. The van der Waals surface area contributed by atoms with Gasteiger partial charge >= 0.3 is 0 Å². The number of benzene rings is 3. The molecule has 0 unspecified atom stereocenters. The average Bonchev–Trinajstić information content (AvgIpc) is 2.81. The summed E-state index contributed by atoms with van der Waals surface area (Å²) in [5.74, 6) is 0.263. The second-order valence-corrected chi connectivity index (χ2v) is 8.27. The molecule has 168 valence electrons. The van der Waals surface area contributed by atoms with Gasteiger partial charge in [-0.05, 0) is 44.2 Å². The van der Waals surface area contributed by atoms with Crippen LogP contribution in [0.25, 0.3) is 10.8 Å². The Labute approximate surface area is 190 Å². The third kappa shape index (κ3) is 5.88. The van der Waals surface area contributed by atoms with Crippen LogP contribution in [-0.4, -0.2) is 35.4 Å². The van der Waals surface area contributed by atoms with Crippen LogP contribution in [0.2, 0.25) is 0 Å². The summed E-state index contributed by atoms with van der Waals surface area (Å²) in [7, 11) is 0. The van der Waals surface area contributed by atoms with Gasteiger partial charge in [0.25, 0.3) is 5.91 Å². The Morgan fingerprint density at radius 1 is 0.969 bits per heavy atom. The number of nitrogens with zero attached hydrogens (tertiary/aromatic N) is 1. The fraction of sp³-hybridized carbons (Fsp3) is 0.333. The normalized spacial score (nSPS) is 12.8. The van der Waals surface area contributed by atoms with Gasteiger partial charge in [-0.3, -0.25) is 9.59 Å². The average molecular weight is 433 g/mol. The number of rotatable bonds is 9. The molecule has 0 aliphatic rings. The summed E-state index contributed by atoms with van der Waals surface area (Å²) in [6.45, 7) is 7.96. The molecule has 5 heteroatoms. The van der Waals surface area contributed by atoms with Crippen LogP contribution in [0.1, 0.15) is 38.3 Å². The van der Waals surface area contributed by atoms with Crippen molar-refractivity contribution in [2.24, 2.45) is 0 Å². The number of amides is 2. The molecule has 5 nitrogen and oxygen atoms in total. The van der Waals surface area contributed by atoms with Gasteiger partial charge in [0.05, 0.1) is 0 Å². The van der Waals surface area contributed by atoms with E-state index in [9.17, 15) is 9.59 Å². The monoisotopic (exact) mass is 432 g/mol. The van der Waals surface area contributed by atoms with Crippen LogP contribution in [-0.2, 0) is 16.1 Å². The Hall–Kier alpha value is -3.34. The molecule has 0 aromatic heterocycles. The number of hydrogen-bond donors (Lipinski definition) is 1. The van der Waals surface area contributed by atoms with Gasteiger partial charge in [0.2, 0.25) is 5.91 Å². The zero-order valence-corrected chi connectivity index (χ0v) is 19.3. The van der Waals surface area contributed by atoms with Gasteiger partial charge in [-0.1, -0.05) is 73.2 Å². The van der Waals surface area contributed by atoms with Crippen molar-refractivity contribution in [3.63, 3.8) is 0 Å². The molecule has 2 amide bonds. The SMILES string of the molecule is CC[C@H](C)NC(=O)[C@H](C)N(Cc1ccc(C)cc1)C(=O)COc1cccc2ccccc12.